The Hall–Kier alpha value is -1.36. The zero-order valence-corrected chi connectivity index (χ0v) is 11.1. The second-order valence-electron chi connectivity index (χ2n) is 5.00. The molecule has 0 aliphatic carbocycles. The van der Waals surface area contributed by atoms with Crippen molar-refractivity contribution in [3.63, 3.8) is 0 Å². The molecule has 2 aromatic rings. The maximum Gasteiger partial charge on any atom is 0.158 e. The zero-order chi connectivity index (χ0) is 13.2. The third-order valence-electron chi connectivity index (χ3n) is 3.76. The Morgan fingerprint density at radius 1 is 1.32 bits per heavy atom. The van der Waals surface area contributed by atoms with E-state index in [0.717, 1.165) is 0 Å². The summed E-state index contributed by atoms with van der Waals surface area (Å²) in [5, 5.41) is 10.9. The van der Waals surface area contributed by atoms with Gasteiger partial charge in [0.1, 0.15) is 0 Å². The Balaban J connectivity index is 1.92. The van der Waals surface area contributed by atoms with E-state index in [1.165, 1.54) is 16.5 Å². The van der Waals surface area contributed by atoms with Crippen LogP contribution in [-0.2, 0) is 16.5 Å². The normalized spacial score (nSPS) is 18.2. The predicted molar refractivity (Wildman–Crippen MR) is 73.1 cm³/mol. The molecule has 19 heavy (non-hydrogen) atoms. The molecule has 0 bridgehead atoms. The van der Waals surface area contributed by atoms with Crippen LogP contribution in [0, 0.1) is 0 Å². The van der Waals surface area contributed by atoms with Crippen molar-refractivity contribution in [3.8, 4) is 0 Å². The topological polar surface area (TPSA) is 43.6 Å². The van der Waals surface area contributed by atoms with Gasteiger partial charge in [0.15, 0.2) is 6.29 Å². The molecule has 1 saturated heterocycles. The average molecular weight is 261 g/mol. The highest BCUT2D eigenvalue weighted by Gasteiger charge is 2.24. The van der Waals surface area contributed by atoms with E-state index in [0.29, 0.717) is 19.6 Å². The molecule has 3 rings (SSSR count). The molecule has 0 unspecified atom stereocenters. The van der Waals surface area contributed by atoms with Crippen LogP contribution in [-0.4, -0.2) is 35.8 Å². The molecule has 0 saturated carbocycles. The summed E-state index contributed by atoms with van der Waals surface area (Å²) in [5.41, 5.74) is 2.35. The highest BCUT2D eigenvalue weighted by molar-refractivity contribution is 5.84. The summed E-state index contributed by atoms with van der Waals surface area (Å²) in [6, 6.07) is 8.26. The van der Waals surface area contributed by atoms with Gasteiger partial charge in [0.2, 0.25) is 0 Å². The number of benzene rings is 1. The molecule has 1 aliphatic rings. The first-order valence-electron chi connectivity index (χ1n) is 6.67. The SMILES string of the molecule is Cn1cc([C@H](CO)CC2OCCO2)c2ccccc21. The van der Waals surface area contributed by atoms with Crippen LogP contribution in [0.5, 0.6) is 0 Å². The maximum absolute atomic E-state index is 9.69. The van der Waals surface area contributed by atoms with Gasteiger partial charge in [-0.1, -0.05) is 18.2 Å². The van der Waals surface area contributed by atoms with E-state index in [1.807, 2.05) is 19.2 Å². The van der Waals surface area contributed by atoms with E-state index < -0.39 is 0 Å². The zero-order valence-electron chi connectivity index (χ0n) is 11.1. The molecule has 2 heterocycles. The first-order chi connectivity index (χ1) is 9.29. The van der Waals surface area contributed by atoms with E-state index in [9.17, 15) is 5.11 Å². The molecule has 102 valence electrons. The van der Waals surface area contributed by atoms with Gasteiger partial charge in [0.05, 0.1) is 19.8 Å². The van der Waals surface area contributed by atoms with Gasteiger partial charge in [-0.3, -0.25) is 0 Å². The summed E-state index contributed by atoms with van der Waals surface area (Å²) >= 11 is 0. The molecule has 0 spiro atoms. The molecule has 1 fully saturated rings. The highest BCUT2D eigenvalue weighted by atomic mass is 16.7. The molecular weight excluding hydrogens is 242 g/mol. The number of aliphatic hydroxyl groups excluding tert-OH is 1. The largest absolute Gasteiger partial charge is 0.396 e. The van der Waals surface area contributed by atoms with Crippen molar-refractivity contribution >= 4 is 10.9 Å². The van der Waals surface area contributed by atoms with Crippen molar-refractivity contribution in [1.82, 2.24) is 4.57 Å². The summed E-state index contributed by atoms with van der Waals surface area (Å²) in [7, 11) is 2.03. The number of fused-ring (bicyclic) bond motifs is 1. The molecule has 1 aliphatic heterocycles. The third-order valence-corrected chi connectivity index (χ3v) is 3.76. The van der Waals surface area contributed by atoms with Gasteiger partial charge in [-0.15, -0.1) is 0 Å². The lowest BCUT2D eigenvalue weighted by Gasteiger charge is -2.17. The molecule has 1 aromatic heterocycles. The van der Waals surface area contributed by atoms with Gasteiger partial charge in [0.25, 0.3) is 0 Å². The Labute approximate surface area is 112 Å². The minimum Gasteiger partial charge on any atom is -0.396 e. The van der Waals surface area contributed by atoms with E-state index in [-0.39, 0.29) is 18.8 Å². The van der Waals surface area contributed by atoms with Gasteiger partial charge in [-0.05, 0) is 11.6 Å². The summed E-state index contributed by atoms with van der Waals surface area (Å²) in [6.07, 6.45) is 2.61. The Bertz CT molecular complexity index is 558. The average Bonchev–Trinajstić information content (AvgIpc) is 3.05. The fourth-order valence-corrected chi connectivity index (χ4v) is 2.77. The van der Waals surface area contributed by atoms with Crippen LogP contribution in [0.4, 0.5) is 0 Å². The second-order valence-corrected chi connectivity index (χ2v) is 5.00. The minimum absolute atomic E-state index is 0.0502. The lowest BCUT2D eigenvalue weighted by molar-refractivity contribution is -0.0538. The number of ether oxygens (including phenoxy) is 2. The number of rotatable bonds is 4. The summed E-state index contributed by atoms with van der Waals surface area (Å²) in [6.45, 7) is 1.41. The van der Waals surface area contributed by atoms with Crippen LogP contribution < -0.4 is 0 Å². The molecule has 0 amide bonds. The van der Waals surface area contributed by atoms with Crippen LogP contribution in [0.15, 0.2) is 30.5 Å². The maximum atomic E-state index is 9.69. The van der Waals surface area contributed by atoms with E-state index in [1.54, 1.807) is 0 Å². The van der Waals surface area contributed by atoms with Crippen LogP contribution in [0.25, 0.3) is 10.9 Å². The van der Waals surface area contributed by atoms with Crippen LogP contribution in [0.1, 0.15) is 17.9 Å². The minimum atomic E-state index is -0.184. The Morgan fingerprint density at radius 2 is 2.05 bits per heavy atom. The summed E-state index contributed by atoms with van der Waals surface area (Å²) in [5.74, 6) is 0.0502. The number of nitrogens with zero attached hydrogens (tertiary/aromatic N) is 1. The van der Waals surface area contributed by atoms with E-state index in [2.05, 4.69) is 22.9 Å². The number of aryl methyl sites for hydroxylation is 1. The Kier molecular flexibility index (Phi) is 3.55. The van der Waals surface area contributed by atoms with Gasteiger partial charge in [0, 0.05) is 36.5 Å². The first kappa shape index (κ1) is 12.7. The number of aromatic nitrogens is 1. The highest BCUT2D eigenvalue weighted by Crippen LogP contribution is 2.31. The molecule has 1 N–H and O–H groups in total. The van der Waals surface area contributed by atoms with Crippen molar-refractivity contribution in [3.05, 3.63) is 36.0 Å². The first-order valence-corrected chi connectivity index (χ1v) is 6.67. The van der Waals surface area contributed by atoms with Crippen LogP contribution in [0.2, 0.25) is 0 Å². The summed E-state index contributed by atoms with van der Waals surface area (Å²) < 4.78 is 13.1. The van der Waals surface area contributed by atoms with Crippen molar-refractivity contribution < 1.29 is 14.6 Å². The van der Waals surface area contributed by atoms with Gasteiger partial charge in [-0.25, -0.2) is 0 Å². The van der Waals surface area contributed by atoms with Crippen molar-refractivity contribution in [2.45, 2.75) is 18.6 Å². The summed E-state index contributed by atoms with van der Waals surface area (Å²) in [4.78, 5) is 0. The smallest absolute Gasteiger partial charge is 0.158 e. The van der Waals surface area contributed by atoms with Gasteiger partial charge < -0.3 is 19.1 Å². The molecule has 1 aromatic carbocycles. The van der Waals surface area contributed by atoms with Crippen molar-refractivity contribution in [2.24, 2.45) is 7.05 Å². The molecule has 0 radical (unpaired) electrons. The monoisotopic (exact) mass is 261 g/mol. The van der Waals surface area contributed by atoms with Gasteiger partial charge >= 0.3 is 0 Å². The van der Waals surface area contributed by atoms with Gasteiger partial charge in [-0.2, -0.15) is 0 Å². The molecule has 4 nitrogen and oxygen atoms in total. The van der Waals surface area contributed by atoms with E-state index in [4.69, 9.17) is 9.47 Å². The predicted octanol–water partition coefficient (Wildman–Crippen LogP) is 2.02. The molecule has 1 atom stereocenters. The number of hydrogen-bond donors (Lipinski definition) is 1. The lowest BCUT2D eigenvalue weighted by Crippen LogP contribution is -2.15. The van der Waals surface area contributed by atoms with Crippen molar-refractivity contribution in [2.75, 3.05) is 19.8 Å². The Morgan fingerprint density at radius 3 is 2.79 bits per heavy atom. The molecule has 4 heteroatoms. The number of para-hydroxylation sites is 1. The second kappa shape index (κ2) is 5.33. The fourth-order valence-electron chi connectivity index (χ4n) is 2.77. The number of aliphatic hydroxyl groups is 1. The fraction of sp³-hybridized carbons (Fsp3) is 0.467. The standard InChI is InChI=1S/C15H19NO3/c1-16-9-13(12-4-2-3-5-14(12)16)11(10-17)8-15-18-6-7-19-15/h2-5,9,11,15,17H,6-8,10H2,1H3/t11-/m0/s1. The third kappa shape index (κ3) is 2.39. The van der Waals surface area contributed by atoms with Crippen molar-refractivity contribution in [1.29, 1.82) is 0 Å². The molecular formula is C15H19NO3. The lowest BCUT2D eigenvalue weighted by atomic mass is 9.96. The van der Waals surface area contributed by atoms with E-state index >= 15 is 0 Å². The quantitative estimate of drug-likeness (QED) is 0.915. The van der Waals surface area contributed by atoms with Crippen LogP contribution >= 0.6 is 0 Å². The van der Waals surface area contributed by atoms with Crippen LogP contribution in [0.3, 0.4) is 0 Å². The number of hydrogen-bond acceptors (Lipinski definition) is 3.